The van der Waals surface area contributed by atoms with E-state index in [1.165, 1.54) is 24.4 Å². The molecule has 5 nitrogen and oxygen atoms in total. The van der Waals surface area contributed by atoms with Gasteiger partial charge in [0.1, 0.15) is 12.3 Å². The minimum atomic E-state index is -4.45. The van der Waals surface area contributed by atoms with Crippen molar-refractivity contribution in [3.05, 3.63) is 41.7 Å². The SMILES string of the molecule is NOCc1cn(-c2ccccc2C(F)(F)F)nn1. The summed E-state index contributed by atoms with van der Waals surface area (Å²) < 4.78 is 39.4. The summed E-state index contributed by atoms with van der Waals surface area (Å²) in [5, 5.41) is 7.26. The zero-order chi connectivity index (χ0) is 13.2. The normalized spacial score (nSPS) is 11.8. The Labute approximate surface area is 99.9 Å². The van der Waals surface area contributed by atoms with Crippen LogP contribution in [-0.2, 0) is 17.6 Å². The second-order valence-electron chi connectivity index (χ2n) is 3.48. The Morgan fingerprint density at radius 2 is 2.00 bits per heavy atom. The van der Waals surface area contributed by atoms with E-state index in [4.69, 9.17) is 5.90 Å². The summed E-state index contributed by atoms with van der Waals surface area (Å²) in [6, 6.07) is 5.10. The van der Waals surface area contributed by atoms with Crippen LogP contribution in [0.4, 0.5) is 13.2 Å². The maximum atomic E-state index is 12.8. The summed E-state index contributed by atoms with van der Waals surface area (Å²) in [4.78, 5) is 4.34. The molecule has 1 aromatic carbocycles. The van der Waals surface area contributed by atoms with Crippen molar-refractivity contribution in [3.8, 4) is 5.69 Å². The first-order valence-electron chi connectivity index (χ1n) is 4.92. The van der Waals surface area contributed by atoms with Crippen LogP contribution in [0.1, 0.15) is 11.3 Å². The predicted octanol–water partition coefficient (Wildman–Crippen LogP) is 1.68. The second kappa shape index (κ2) is 4.75. The van der Waals surface area contributed by atoms with Crippen LogP contribution in [0.5, 0.6) is 0 Å². The molecule has 18 heavy (non-hydrogen) atoms. The van der Waals surface area contributed by atoms with Gasteiger partial charge in [-0.05, 0) is 12.1 Å². The number of alkyl halides is 3. The van der Waals surface area contributed by atoms with Crippen LogP contribution in [0.3, 0.4) is 0 Å². The number of para-hydroxylation sites is 1. The van der Waals surface area contributed by atoms with E-state index >= 15 is 0 Å². The smallest absolute Gasteiger partial charge is 0.298 e. The van der Waals surface area contributed by atoms with Crippen LogP contribution >= 0.6 is 0 Å². The first kappa shape index (κ1) is 12.5. The molecule has 0 bridgehead atoms. The van der Waals surface area contributed by atoms with Crippen molar-refractivity contribution < 1.29 is 18.0 Å². The number of halogens is 3. The molecule has 1 aromatic heterocycles. The van der Waals surface area contributed by atoms with E-state index in [9.17, 15) is 13.2 Å². The zero-order valence-electron chi connectivity index (χ0n) is 9.05. The lowest BCUT2D eigenvalue weighted by Crippen LogP contribution is -2.11. The highest BCUT2D eigenvalue weighted by molar-refractivity contribution is 5.42. The van der Waals surface area contributed by atoms with Gasteiger partial charge < -0.3 is 0 Å². The molecule has 0 aliphatic carbocycles. The number of hydrogen-bond donors (Lipinski definition) is 1. The Kier molecular flexibility index (Phi) is 3.30. The third kappa shape index (κ3) is 2.49. The minimum absolute atomic E-state index is 0.0197. The average Bonchev–Trinajstić information content (AvgIpc) is 2.77. The number of nitrogens with two attached hydrogens (primary N) is 1. The van der Waals surface area contributed by atoms with Gasteiger partial charge in [-0.2, -0.15) is 13.2 Å². The molecule has 1 heterocycles. The Morgan fingerprint density at radius 3 is 2.67 bits per heavy atom. The first-order chi connectivity index (χ1) is 8.52. The van der Waals surface area contributed by atoms with E-state index in [0.29, 0.717) is 5.69 Å². The molecule has 0 aliphatic heterocycles. The highest BCUT2D eigenvalue weighted by atomic mass is 19.4. The molecule has 0 amide bonds. The lowest BCUT2D eigenvalue weighted by atomic mass is 10.1. The summed E-state index contributed by atoms with van der Waals surface area (Å²) in [5.41, 5.74) is -0.537. The van der Waals surface area contributed by atoms with Crippen molar-refractivity contribution in [2.45, 2.75) is 12.8 Å². The van der Waals surface area contributed by atoms with Crippen LogP contribution in [0.25, 0.3) is 5.69 Å². The van der Waals surface area contributed by atoms with Crippen LogP contribution in [0.2, 0.25) is 0 Å². The highest BCUT2D eigenvalue weighted by Gasteiger charge is 2.33. The van der Waals surface area contributed by atoms with Gasteiger partial charge in [0.15, 0.2) is 0 Å². The van der Waals surface area contributed by atoms with Gasteiger partial charge in [0.2, 0.25) is 0 Å². The molecule has 0 atom stereocenters. The van der Waals surface area contributed by atoms with Crippen molar-refractivity contribution in [2.75, 3.05) is 0 Å². The summed E-state index contributed by atoms with van der Waals surface area (Å²) >= 11 is 0. The maximum absolute atomic E-state index is 12.8. The third-order valence-corrected chi connectivity index (χ3v) is 2.23. The monoisotopic (exact) mass is 258 g/mol. The van der Waals surface area contributed by atoms with Gasteiger partial charge in [-0.15, -0.1) is 5.10 Å². The van der Waals surface area contributed by atoms with Crippen LogP contribution in [-0.4, -0.2) is 15.0 Å². The van der Waals surface area contributed by atoms with Crippen molar-refractivity contribution in [1.29, 1.82) is 0 Å². The standard InChI is InChI=1S/C10H9F3N4O/c11-10(12,13)8-3-1-2-4-9(8)17-5-7(6-18-14)15-16-17/h1-5H,6,14H2. The summed E-state index contributed by atoms with van der Waals surface area (Å²) in [6.45, 7) is -0.0197. The van der Waals surface area contributed by atoms with Gasteiger partial charge in [0, 0.05) is 0 Å². The topological polar surface area (TPSA) is 66.0 Å². The highest BCUT2D eigenvalue weighted by Crippen LogP contribution is 2.33. The number of nitrogens with zero attached hydrogens (tertiary/aromatic N) is 3. The fourth-order valence-corrected chi connectivity index (χ4v) is 1.48. The molecule has 0 radical (unpaired) electrons. The van der Waals surface area contributed by atoms with E-state index in [0.717, 1.165) is 10.7 Å². The first-order valence-corrected chi connectivity index (χ1v) is 4.92. The predicted molar refractivity (Wildman–Crippen MR) is 55.3 cm³/mol. The van der Waals surface area contributed by atoms with E-state index in [1.54, 1.807) is 0 Å². The Bertz CT molecular complexity index is 538. The molecule has 0 aliphatic rings. The number of benzene rings is 1. The van der Waals surface area contributed by atoms with Crippen LogP contribution < -0.4 is 5.90 Å². The lowest BCUT2D eigenvalue weighted by molar-refractivity contribution is -0.137. The van der Waals surface area contributed by atoms with Gasteiger partial charge in [-0.25, -0.2) is 10.6 Å². The largest absolute Gasteiger partial charge is 0.418 e. The van der Waals surface area contributed by atoms with Gasteiger partial charge in [0.05, 0.1) is 17.4 Å². The van der Waals surface area contributed by atoms with Crippen molar-refractivity contribution in [1.82, 2.24) is 15.0 Å². The fraction of sp³-hybridized carbons (Fsp3) is 0.200. The number of hydrogen-bond acceptors (Lipinski definition) is 4. The van der Waals surface area contributed by atoms with Gasteiger partial charge in [0.25, 0.3) is 0 Å². The van der Waals surface area contributed by atoms with Crippen LogP contribution in [0.15, 0.2) is 30.5 Å². The van der Waals surface area contributed by atoms with Gasteiger partial charge in [-0.1, -0.05) is 17.3 Å². The van der Waals surface area contributed by atoms with E-state index in [-0.39, 0.29) is 12.3 Å². The van der Waals surface area contributed by atoms with E-state index in [2.05, 4.69) is 15.1 Å². The molecule has 2 rings (SSSR count). The lowest BCUT2D eigenvalue weighted by Gasteiger charge is -2.11. The molecular formula is C10H9F3N4O. The molecular weight excluding hydrogens is 249 g/mol. The third-order valence-electron chi connectivity index (χ3n) is 2.23. The van der Waals surface area contributed by atoms with Gasteiger partial charge in [-0.3, -0.25) is 4.84 Å². The molecule has 2 aromatic rings. The quantitative estimate of drug-likeness (QED) is 0.850. The molecule has 96 valence electrons. The number of rotatable bonds is 3. The molecule has 0 unspecified atom stereocenters. The van der Waals surface area contributed by atoms with Crippen molar-refractivity contribution >= 4 is 0 Å². The molecule has 0 spiro atoms. The fourth-order valence-electron chi connectivity index (χ4n) is 1.48. The molecule has 0 saturated heterocycles. The number of aromatic nitrogens is 3. The van der Waals surface area contributed by atoms with Crippen LogP contribution in [0, 0.1) is 0 Å². The summed E-state index contributed by atoms with van der Waals surface area (Å²) in [6.07, 6.45) is -3.12. The van der Waals surface area contributed by atoms with E-state index in [1.807, 2.05) is 0 Å². The zero-order valence-corrected chi connectivity index (χ0v) is 9.05. The minimum Gasteiger partial charge on any atom is -0.298 e. The van der Waals surface area contributed by atoms with Crippen molar-refractivity contribution in [3.63, 3.8) is 0 Å². The van der Waals surface area contributed by atoms with E-state index < -0.39 is 11.7 Å². The summed E-state index contributed by atoms with van der Waals surface area (Å²) in [5.74, 6) is 4.85. The molecule has 0 saturated carbocycles. The Balaban J connectivity index is 2.43. The molecule has 0 fully saturated rings. The Morgan fingerprint density at radius 1 is 1.28 bits per heavy atom. The average molecular weight is 258 g/mol. The maximum Gasteiger partial charge on any atom is 0.418 e. The Hall–Kier alpha value is -1.93. The van der Waals surface area contributed by atoms with Gasteiger partial charge >= 0.3 is 6.18 Å². The molecule has 8 heteroatoms. The van der Waals surface area contributed by atoms with Crippen molar-refractivity contribution in [2.24, 2.45) is 5.90 Å². The summed E-state index contributed by atoms with van der Waals surface area (Å²) in [7, 11) is 0. The second-order valence-corrected chi connectivity index (χ2v) is 3.48. The molecule has 2 N–H and O–H groups in total.